The number of benzene rings is 2. The standard InChI is InChI=1S/C25H21N4O5P/c1-3-24(30)28-21-9-5-7-18(11-21)20-12-22-23(19-8-4-6-17(10-19)13-26)15-29(25(22)27-14-20)16(2)34-35(31,32)33/h3-12,14-16H,1H2,2H3,(H,28,30)(H2,31,32,33). The Balaban J connectivity index is 1.88. The normalized spacial score (nSPS) is 12.2. The highest BCUT2D eigenvalue weighted by atomic mass is 31.2. The predicted molar refractivity (Wildman–Crippen MR) is 132 cm³/mol. The summed E-state index contributed by atoms with van der Waals surface area (Å²) in [6.45, 7) is 4.97. The first-order valence-corrected chi connectivity index (χ1v) is 12.0. The molecule has 0 aliphatic rings. The van der Waals surface area contributed by atoms with Gasteiger partial charge in [-0.1, -0.05) is 30.8 Å². The number of nitrogens with one attached hydrogen (secondary N) is 1. The molecule has 1 unspecified atom stereocenters. The summed E-state index contributed by atoms with van der Waals surface area (Å²) >= 11 is 0. The van der Waals surface area contributed by atoms with Crippen molar-refractivity contribution < 1.29 is 23.7 Å². The molecule has 176 valence electrons. The van der Waals surface area contributed by atoms with Crippen molar-refractivity contribution in [3.05, 3.63) is 85.2 Å². The highest BCUT2D eigenvalue weighted by Crippen LogP contribution is 2.42. The first-order chi connectivity index (χ1) is 16.7. The molecule has 4 aromatic rings. The fourth-order valence-corrected chi connectivity index (χ4v) is 4.27. The number of hydrogen-bond donors (Lipinski definition) is 3. The van der Waals surface area contributed by atoms with Gasteiger partial charge in [-0.3, -0.25) is 9.32 Å². The lowest BCUT2D eigenvalue weighted by atomic mass is 10.0. The second-order valence-electron chi connectivity index (χ2n) is 7.71. The minimum atomic E-state index is -4.75. The van der Waals surface area contributed by atoms with Gasteiger partial charge in [0, 0.05) is 34.6 Å². The number of carbonyl (C=O) groups is 1. The SMILES string of the molecule is C=CC(=O)Nc1cccc(-c2cnc3c(c2)c(-c2cccc(C#N)c2)cn3C(C)OP(=O)(O)O)c1. The lowest BCUT2D eigenvalue weighted by molar-refractivity contribution is -0.111. The lowest BCUT2D eigenvalue weighted by Gasteiger charge is -2.16. The van der Waals surface area contributed by atoms with Gasteiger partial charge in [-0.25, -0.2) is 9.55 Å². The van der Waals surface area contributed by atoms with Crippen LogP contribution in [-0.2, 0) is 13.9 Å². The van der Waals surface area contributed by atoms with Crippen LogP contribution in [0.5, 0.6) is 0 Å². The third-order valence-electron chi connectivity index (χ3n) is 5.30. The van der Waals surface area contributed by atoms with Gasteiger partial charge in [0.1, 0.15) is 11.9 Å². The molecule has 10 heteroatoms. The molecule has 0 fully saturated rings. The minimum Gasteiger partial charge on any atom is -0.323 e. The van der Waals surface area contributed by atoms with Crippen LogP contribution in [0.3, 0.4) is 0 Å². The second-order valence-corrected chi connectivity index (χ2v) is 8.90. The Morgan fingerprint density at radius 3 is 2.66 bits per heavy atom. The first-order valence-electron chi connectivity index (χ1n) is 10.5. The quantitative estimate of drug-likeness (QED) is 0.246. The van der Waals surface area contributed by atoms with E-state index in [0.717, 1.165) is 16.7 Å². The molecule has 35 heavy (non-hydrogen) atoms. The smallest absolute Gasteiger partial charge is 0.323 e. The van der Waals surface area contributed by atoms with Crippen LogP contribution in [0.15, 0.2) is 79.6 Å². The molecule has 2 aromatic carbocycles. The molecule has 0 saturated carbocycles. The van der Waals surface area contributed by atoms with E-state index in [9.17, 15) is 24.4 Å². The zero-order valence-electron chi connectivity index (χ0n) is 18.6. The van der Waals surface area contributed by atoms with Crippen molar-refractivity contribution in [1.29, 1.82) is 5.26 Å². The number of amides is 1. The summed E-state index contributed by atoms with van der Waals surface area (Å²) in [4.78, 5) is 34.8. The summed E-state index contributed by atoms with van der Waals surface area (Å²) < 4.78 is 17.9. The predicted octanol–water partition coefficient (Wildman–Crippen LogP) is 4.99. The Labute approximate surface area is 201 Å². The maximum Gasteiger partial charge on any atom is 0.471 e. The molecule has 3 N–H and O–H groups in total. The molecular formula is C25H21N4O5P. The summed E-state index contributed by atoms with van der Waals surface area (Å²) in [7, 11) is -4.75. The number of hydrogen-bond acceptors (Lipinski definition) is 5. The molecule has 2 aromatic heterocycles. The van der Waals surface area contributed by atoms with Crippen LogP contribution < -0.4 is 5.32 Å². The third kappa shape index (κ3) is 5.38. The lowest BCUT2D eigenvalue weighted by Crippen LogP contribution is -2.07. The molecule has 0 aliphatic heterocycles. The van der Waals surface area contributed by atoms with Crippen LogP contribution in [0, 0.1) is 11.3 Å². The van der Waals surface area contributed by atoms with E-state index in [1.165, 1.54) is 17.6 Å². The number of pyridine rings is 1. The Bertz CT molecular complexity index is 1530. The second kappa shape index (κ2) is 9.66. The number of rotatable bonds is 7. The van der Waals surface area contributed by atoms with E-state index in [-0.39, 0.29) is 5.91 Å². The molecule has 0 bridgehead atoms. The van der Waals surface area contributed by atoms with Crippen LogP contribution in [0.2, 0.25) is 0 Å². The van der Waals surface area contributed by atoms with Gasteiger partial charge in [0.2, 0.25) is 5.91 Å². The van der Waals surface area contributed by atoms with E-state index in [4.69, 9.17) is 4.52 Å². The summed E-state index contributed by atoms with van der Waals surface area (Å²) in [6.07, 6.45) is 3.50. The molecule has 9 nitrogen and oxygen atoms in total. The summed E-state index contributed by atoms with van der Waals surface area (Å²) in [5.74, 6) is -0.327. The number of phosphoric ester groups is 1. The largest absolute Gasteiger partial charge is 0.471 e. The average Bonchev–Trinajstić information content (AvgIpc) is 3.22. The fraction of sp³-hybridized carbons (Fsp3) is 0.0800. The van der Waals surface area contributed by atoms with Crippen molar-refractivity contribution in [1.82, 2.24) is 9.55 Å². The molecule has 0 aliphatic carbocycles. The molecule has 0 radical (unpaired) electrons. The van der Waals surface area contributed by atoms with Crippen molar-refractivity contribution in [2.45, 2.75) is 13.2 Å². The molecular weight excluding hydrogens is 467 g/mol. The first kappa shape index (κ1) is 24.1. The van der Waals surface area contributed by atoms with E-state index in [1.54, 1.807) is 48.8 Å². The number of carbonyl (C=O) groups excluding carboxylic acids is 1. The number of phosphoric acid groups is 1. The van der Waals surface area contributed by atoms with Crippen LogP contribution in [0.1, 0.15) is 18.7 Å². The van der Waals surface area contributed by atoms with E-state index in [0.29, 0.717) is 27.8 Å². The minimum absolute atomic E-state index is 0.327. The summed E-state index contributed by atoms with van der Waals surface area (Å²) in [5, 5.41) is 12.8. The van der Waals surface area contributed by atoms with Gasteiger partial charge in [0.25, 0.3) is 0 Å². The Kier molecular flexibility index (Phi) is 6.65. The van der Waals surface area contributed by atoms with Crippen molar-refractivity contribution in [2.75, 3.05) is 5.32 Å². The van der Waals surface area contributed by atoms with E-state index in [1.807, 2.05) is 18.2 Å². The summed E-state index contributed by atoms with van der Waals surface area (Å²) in [6, 6.07) is 18.3. The van der Waals surface area contributed by atoms with Crippen molar-refractivity contribution in [3.63, 3.8) is 0 Å². The Hall–Kier alpha value is -4.06. The zero-order chi connectivity index (χ0) is 25.2. The number of anilines is 1. The zero-order valence-corrected chi connectivity index (χ0v) is 19.5. The van der Waals surface area contributed by atoms with E-state index in [2.05, 4.69) is 22.9 Å². The Morgan fingerprint density at radius 2 is 1.94 bits per heavy atom. The van der Waals surface area contributed by atoms with Crippen LogP contribution in [0.4, 0.5) is 5.69 Å². The van der Waals surface area contributed by atoms with Crippen LogP contribution >= 0.6 is 7.82 Å². The van der Waals surface area contributed by atoms with Gasteiger partial charge < -0.3 is 19.7 Å². The maximum absolute atomic E-state index is 11.7. The van der Waals surface area contributed by atoms with Gasteiger partial charge in [-0.05, 0) is 54.5 Å². The van der Waals surface area contributed by atoms with Gasteiger partial charge in [-0.15, -0.1) is 0 Å². The topological polar surface area (TPSA) is 137 Å². The number of nitrogens with zero attached hydrogens (tertiary/aromatic N) is 3. The van der Waals surface area contributed by atoms with E-state index < -0.39 is 14.1 Å². The maximum atomic E-state index is 11.7. The fourth-order valence-electron chi connectivity index (χ4n) is 3.77. The number of aromatic nitrogens is 2. The molecule has 1 atom stereocenters. The van der Waals surface area contributed by atoms with Crippen LogP contribution in [0.25, 0.3) is 33.3 Å². The van der Waals surface area contributed by atoms with Gasteiger partial charge in [0.05, 0.1) is 11.6 Å². The monoisotopic (exact) mass is 488 g/mol. The highest BCUT2D eigenvalue weighted by molar-refractivity contribution is 7.46. The van der Waals surface area contributed by atoms with Crippen LogP contribution in [-0.4, -0.2) is 25.2 Å². The molecule has 0 spiro atoms. The molecule has 0 saturated heterocycles. The highest BCUT2D eigenvalue weighted by Gasteiger charge is 2.23. The number of nitriles is 1. The third-order valence-corrected chi connectivity index (χ3v) is 5.88. The number of fused-ring (bicyclic) bond motifs is 1. The Morgan fingerprint density at radius 1 is 1.20 bits per heavy atom. The van der Waals surface area contributed by atoms with Gasteiger partial charge in [0.15, 0.2) is 0 Å². The average molecular weight is 488 g/mol. The van der Waals surface area contributed by atoms with E-state index >= 15 is 0 Å². The van der Waals surface area contributed by atoms with Crippen molar-refractivity contribution in [2.24, 2.45) is 0 Å². The summed E-state index contributed by atoms with van der Waals surface area (Å²) in [5.41, 5.74) is 4.51. The molecule has 4 rings (SSSR count). The molecule has 1 amide bonds. The van der Waals surface area contributed by atoms with Gasteiger partial charge in [-0.2, -0.15) is 5.26 Å². The van der Waals surface area contributed by atoms with Crippen molar-refractivity contribution >= 4 is 30.5 Å². The van der Waals surface area contributed by atoms with Crippen molar-refractivity contribution in [3.8, 4) is 28.3 Å². The molecule has 2 heterocycles. The van der Waals surface area contributed by atoms with Gasteiger partial charge >= 0.3 is 7.82 Å².